The number of nitrogens with one attached hydrogen (secondary N) is 1. The lowest BCUT2D eigenvalue weighted by molar-refractivity contribution is -0.140. The number of nitrogens with zero attached hydrogens (tertiary/aromatic N) is 4. The van der Waals surface area contributed by atoms with Crippen molar-refractivity contribution < 1.29 is 22.3 Å². The van der Waals surface area contributed by atoms with Crippen LogP contribution in [0.1, 0.15) is 27.8 Å². The first-order valence-electron chi connectivity index (χ1n) is 10.4. The van der Waals surface area contributed by atoms with Gasteiger partial charge in [-0.05, 0) is 41.5 Å². The maximum Gasteiger partial charge on any atom is 0.419 e. The molecule has 184 valence electrons. The fraction of sp³-hybridized carbons (Fsp3) is 0.167. The van der Waals surface area contributed by atoms with Crippen LogP contribution in [0.3, 0.4) is 0 Å². The lowest BCUT2D eigenvalue weighted by Gasteiger charge is -2.12. The second kappa shape index (κ2) is 10.2. The molecule has 1 N–H and O–H groups in total. The van der Waals surface area contributed by atoms with Gasteiger partial charge in [0.2, 0.25) is 0 Å². The lowest BCUT2D eigenvalue weighted by Crippen LogP contribution is -2.14. The van der Waals surface area contributed by atoms with Gasteiger partial charge in [0.1, 0.15) is 23.4 Å². The van der Waals surface area contributed by atoms with Crippen molar-refractivity contribution in [2.75, 3.05) is 0 Å². The van der Waals surface area contributed by atoms with E-state index in [2.05, 4.69) is 15.1 Å². The third kappa shape index (κ3) is 5.92. The average molecular weight is 515 g/mol. The summed E-state index contributed by atoms with van der Waals surface area (Å²) in [4.78, 5) is 19.4. The predicted octanol–water partition coefficient (Wildman–Crippen LogP) is 5.21. The minimum Gasteiger partial charge on any atom is -0.456 e. The molecule has 0 saturated heterocycles. The van der Waals surface area contributed by atoms with Gasteiger partial charge in [-0.15, -0.1) is 0 Å². The lowest BCUT2D eigenvalue weighted by atomic mass is 10.1. The number of thioether (sulfide) groups is 1. The Kier molecular flexibility index (Phi) is 7.12. The largest absolute Gasteiger partial charge is 0.456 e. The number of ether oxygens (including phenoxy) is 1. The van der Waals surface area contributed by atoms with Crippen molar-refractivity contribution in [1.82, 2.24) is 19.7 Å². The van der Waals surface area contributed by atoms with Crippen molar-refractivity contribution in [3.05, 3.63) is 99.0 Å². The first kappa shape index (κ1) is 25.0. The minimum atomic E-state index is -4.88. The highest BCUT2D eigenvalue weighted by molar-refractivity contribution is 7.98. The van der Waals surface area contributed by atoms with Gasteiger partial charge in [-0.3, -0.25) is 9.48 Å². The number of halogens is 4. The van der Waals surface area contributed by atoms with Crippen LogP contribution in [0, 0.1) is 17.1 Å². The minimum absolute atomic E-state index is 0.0252. The highest BCUT2D eigenvalue weighted by Crippen LogP contribution is 2.35. The van der Waals surface area contributed by atoms with Crippen LogP contribution in [-0.4, -0.2) is 19.7 Å². The number of benzene rings is 2. The molecule has 0 radical (unpaired) electrons. The van der Waals surface area contributed by atoms with Gasteiger partial charge < -0.3 is 9.72 Å². The fourth-order valence-corrected chi connectivity index (χ4v) is 4.07. The molecular formula is C24H17F4N5O2S. The van der Waals surface area contributed by atoms with Crippen LogP contribution < -0.4 is 10.3 Å². The Labute approximate surface area is 206 Å². The SMILES string of the molecule is Cn1cc(Cc2c[nH]c(SCc3ccc(Oc4ccc(F)c(C(F)(F)F)c4)c(C#N)c3)nc2=O)cn1. The van der Waals surface area contributed by atoms with E-state index in [9.17, 15) is 27.6 Å². The molecule has 0 spiro atoms. The molecule has 2 aromatic carbocycles. The highest BCUT2D eigenvalue weighted by Gasteiger charge is 2.34. The van der Waals surface area contributed by atoms with Gasteiger partial charge in [0.05, 0.1) is 17.3 Å². The summed E-state index contributed by atoms with van der Waals surface area (Å²) in [6, 6.07) is 8.79. The van der Waals surface area contributed by atoms with Crippen molar-refractivity contribution in [3.63, 3.8) is 0 Å². The maximum absolute atomic E-state index is 13.5. The smallest absolute Gasteiger partial charge is 0.419 e. The molecule has 36 heavy (non-hydrogen) atoms. The zero-order valence-electron chi connectivity index (χ0n) is 18.6. The second-order valence-corrected chi connectivity index (χ2v) is 8.67. The highest BCUT2D eigenvalue weighted by atomic mass is 32.2. The normalized spacial score (nSPS) is 11.3. The monoisotopic (exact) mass is 515 g/mol. The van der Waals surface area contributed by atoms with Crippen LogP contribution in [0.15, 0.2) is 64.9 Å². The first-order valence-corrected chi connectivity index (χ1v) is 11.4. The van der Waals surface area contributed by atoms with Crippen molar-refractivity contribution in [2.45, 2.75) is 23.5 Å². The Bertz CT molecular complexity index is 1510. The van der Waals surface area contributed by atoms with E-state index in [-0.39, 0.29) is 22.6 Å². The summed E-state index contributed by atoms with van der Waals surface area (Å²) in [7, 11) is 1.79. The van der Waals surface area contributed by atoms with Crippen LogP contribution in [-0.2, 0) is 25.4 Å². The molecule has 0 amide bonds. The molecule has 0 fully saturated rings. The molecule has 0 aliphatic carbocycles. The van der Waals surface area contributed by atoms with E-state index in [0.717, 1.165) is 11.6 Å². The number of aromatic amines is 1. The zero-order valence-corrected chi connectivity index (χ0v) is 19.5. The molecule has 0 unspecified atom stereocenters. The second-order valence-electron chi connectivity index (χ2n) is 7.71. The number of H-pyrrole nitrogens is 1. The van der Waals surface area contributed by atoms with Crippen LogP contribution in [0.25, 0.3) is 0 Å². The van der Waals surface area contributed by atoms with Crippen LogP contribution in [0.2, 0.25) is 0 Å². The van der Waals surface area contributed by atoms with Crippen LogP contribution in [0.5, 0.6) is 11.5 Å². The summed E-state index contributed by atoms with van der Waals surface area (Å²) in [6.07, 6.45) is 0.600. The third-order valence-electron chi connectivity index (χ3n) is 5.01. The number of rotatable bonds is 7. The van der Waals surface area contributed by atoms with Crippen molar-refractivity contribution >= 4 is 11.8 Å². The van der Waals surface area contributed by atoms with Gasteiger partial charge in [-0.2, -0.15) is 28.5 Å². The summed E-state index contributed by atoms with van der Waals surface area (Å²) in [5.41, 5.74) is 0.334. The Hall–Kier alpha value is -4.11. The Balaban J connectivity index is 1.44. The molecule has 0 bridgehead atoms. The molecule has 2 aromatic heterocycles. The van der Waals surface area contributed by atoms with Gasteiger partial charge >= 0.3 is 6.18 Å². The molecule has 0 saturated carbocycles. The van der Waals surface area contributed by atoms with Crippen molar-refractivity contribution in [2.24, 2.45) is 7.05 Å². The first-order chi connectivity index (χ1) is 17.1. The summed E-state index contributed by atoms with van der Waals surface area (Å²) < 4.78 is 59.5. The summed E-state index contributed by atoms with van der Waals surface area (Å²) in [6.45, 7) is 0. The maximum atomic E-state index is 13.5. The number of nitriles is 1. The molecule has 12 heteroatoms. The van der Waals surface area contributed by atoms with E-state index >= 15 is 0 Å². The average Bonchev–Trinajstić information content (AvgIpc) is 3.25. The Morgan fingerprint density at radius 2 is 2.00 bits per heavy atom. The summed E-state index contributed by atoms with van der Waals surface area (Å²) in [5.74, 6) is -1.29. The summed E-state index contributed by atoms with van der Waals surface area (Å²) >= 11 is 1.24. The van der Waals surface area contributed by atoms with E-state index in [1.165, 1.54) is 23.9 Å². The Morgan fingerprint density at radius 3 is 2.67 bits per heavy atom. The zero-order chi connectivity index (χ0) is 25.9. The number of alkyl halides is 3. The quantitative estimate of drug-likeness (QED) is 0.206. The Morgan fingerprint density at radius 1 is 1.19 bits per heavy atom. The van der Waals surface area contributed by atoms with Crippen molar-refractivity contribution in [1.29, 1.82) is 5.26 Å². The van der Waals surface area contributed by atoms with Gasteiger partial charge in [0, 0.05) is 37.2 Å². The van der Waals surface area contributed by atoms with E-state index in [0.29, 0.717) is 40.6 Å². The predicted molar refractivity (Wildman–Crippen MR) is 123 cm³/mol. The molecular weight excluding hydrogens is 498 g/mol. The molecule has 4 rings (SSSR count). The van der Waals surface area contributed by atoms with Crippen LogP contribution in [0.4, 0.5) is 17.6 Å². The van der Waals surface area contributed by atoms with Gasteiger partial charge in [0.15, 0.2) is 5.16 Å². The van der Waals surface area contributed by atoms with E-state index in [4.69, 9.17) is 4.74 Å². The number of aromatic nitrogens is 4. The van der Waals surface area contributed by atoms with Crippen molar-refractivity contribution in [3.8, 4) is 17.6 Å². The van der Waals surface area contributed by atoms with Gasteiger partial charge in [0.25, 0.3) is 5.56 Å². The molecule has 4 aromatic rings. The molecule has 0 aliphatic heterocycles. The topological polar surface area (TPSA) is 96.6 Å². The number of hydrogen-bond donors (Lipinski definition) is 1. The standard InChI is InChI=1S/C24H17F4N5O2S/c1-33-12-15(10-31-33)7-17-11-30-23(32-22(17)34)36-13-14-2-5-21(16(6-14)9-29)35-18-3-4-20(25)19(8-18)24(26,27)28/h2-6,8,10-12H,7,13H2,1H3,(H,30,32,34). The van der Waals surface area contributed by atoms with E-state index in [1.807, 2.05) is 12.3 Å². The fourth-order valence-electron chi connectivity index (χ4n) is 3.30. The van der Waals surface area contributed by atoms with Gasteiger partial charge in [-0.25, -0.2) is 4.39 Å². The molecule has 0 aliphatic rings. The van der Waals surface area contributed by atoms with E-state index in [1.54, 1.807) is 30.2 Å². The molecule has 7 nitrogen and oxygen atoms in total. The van der Waals surface area contributed by atoms with Crippen LogP contribution >= 0.6 is 11.8 Å². The third-order valence-corrected chi connectivity index (χ3v) is 5.97. The number of aryl methyl sites for hydroxylation is 1. The molecule has 2 heterocycles. The summed E-state index contributed by atoms with van der Waals surface area (Å²) in [5, 5.41) is 13.9. The van der Waals surface area contributed by atoms with Gasteiger partial charge in [-0.1, -0.05) is 17.8 Å². The van der Waals surface area contributed by atoms with E-state index < -0.39 is 17.6 Å². The number of hydrogen-bond acceptors (Lipinski definition) is 6. The molecule has 0 atom stereocenters.